The van der Waals surface area contributed by atoms with Crippen LogP contribution in [-0.4, -0.2) is 20.1 Å². The second kappa shape index (κ2) is 9.84. The third-order valence-corrected chi connectivity index (χ3v) is 5.17. The van der Waals surface area contributed by atoms with Gasteiger partial charge in [-0.3, -0.25) is 18.7 Å². The van der Waals surface area contributed by atoms with Gasteiger partial charge >= 0.3 is 5.69 Å². The van der Waals surface area contributed by atoms with Gasteiger partial charge in [0.15, 0.2) is 0 Å². The van der Waals surface area contributed by atoms with Crippen molar-refractivity contribution in [3.63, 3.8) is 0 Å². The summed E-state index contributed by atoms with van der Waals surface area (Å²) in [5, 5.41) is 12.0. The van der Waals surface area contributed by atoms with Crippen LogP contribution in [0, 0.1) is 25.7 Å². The van der Waals surface area contributed by atoms with E-state index in [1.165, 1.54) is 23.7 Å². The fourth-order valence-corrected chi connectivity index (χ4v) is 3.18. The zero-order chi connectivity index (χ0) is 23.3. The van der Waals surface area contributed by atoms with Crippen molar-refractivity contribution in [1.82, 2.24) is 9.13 Å². The Labute approximate surface area is 186 Å². The number of amides is 1. The standard InChI is InChI=1S/C25H25N3O4/c1-17-6-8-20(9-7-17)12-15-22(30)26-23-18(2)28(25(32)27(3)24(23)31)16-4-5-19-10-13-21(29)14-11-19/h6-11,13-14,29H,12,15-16H2,1-3H3,(H,26,30). The molecular weight excluding hydrogens is 406 g/mol. The van der Waals surface area contributed by atoms with Crippen molar-refractivity contribution >= 4 is 11.6 Å². The molecule has 0 radical (unpaired) electrons. The van der Waals surface area contributed by atoms with Gasteiger partial charge < -0.3 is 10.4 Å². The summed E-state index contributed by atoms with van der Waals surface area (Å²) < 4.78 is 2.31. The number of carbonyl (C=O) groups is 1. The zero-order valence-electron chi connectivity index (χ0n) is 18.3. The van der Waals surface area contributed by atoms with Crippen molar-refractivity contribution in [3.8, 4) is 17.6 Å². The Kier molecular flexibility index (Phi) is 6.96. The van der Waals surface area contributed by atoms with Crippen molar-refractivity contribution in [1.29, 1.82) is 0 Å². The smallest absolute Gasteiger partial charge is 0.331 e. The predicted octanol–water partition coefficient (Wildman–Crippen LogP) is 2.49. The monoisotopic (exact) mass is 431 g/mol. The first-order valence-electron chi connectivity index (χ1n) is 10.2. The van der Waals surface area contributed by atoms with Crippen LogP contribution in [0.3, 0.4) is 0 Å². The van der Waals surface area contributed by atoms with Crippen LogP contribution in [0.4, 0.5) is 5.69 Å². The van der Waals surface area contributed by atoms with E-state index in [2.05, 4.69) is 17.2 Å². The van der Waals surface area contributed by atoms with Gasteiger partial charge in [-0.1, -0.05) is 41.7 Å². The molecule has 32 heavy (non-hydrogen) atoms. The summed E-state index contributed by atoms with van der Waals surface area (Å²) in [5.74, 6) is 5.66. The largest absolute Gasteiger partial charge is 0.508 e. The van der Waals surface area contributed by atoms with Gasteiger partial charge in [0.1, 0.15) is 11.4 Å². The van der Waals surface area contributed by atoms with Gasteiger partial charge in [-0.05, 0) is 50.1 Å². The molecule has 0 aliphatic carbocycles. The number of nitrogens with one attached hydrogen (secondary N) is 1. The zero-order valence-corrected chi connectivity index (χ0v) is 18.3. The van der Waals surface area contributed by atoms with Gasteiger partial charge in [0.05, 0.1) is 6.54 Å². The van der Waals surface area contributed by atoms with E-state index in [1.807, 2.05) is 31.2 Å². The van der Waals surface area contributed by atoms with E-state index in [0.717, 1.165) is 15.7 Å². The lowest BCUT2D eigenvalue weighted by molar-refractivity contribution is -0.116. The van der Waals surface area contributed by atoms with E-state index in [-0.39, 0.29) is 30.3 Å². The molecule has 0 saturated carbocycles. The van der Waals surface area contributed by atoms with E-state index in [0.29, 0.717) is 17.7 Å². The average molecular weight is 431 g/mol. The fourth-order valence-electron chi connectivity index (χ4n) is 3.18. The number of benzene rings is 2. The van der Waals surface area contributed by atoms with Gasteiger partial charge in [0.2, 0.25) is 5.91 Å². The number of anilines is 1. The van der Waals surface area contributed by atoms with E-state index < -0.39 is 11.2 Å². The van der Waals surface area contributed by atoms with E-state index in [1.54, 1.807) is 19.1 Å². The number of carbonyl (C=O) groups excluding carboxylic acids is 1. The highest BCUT2D eigenvalue weighted by Crippen LogP contribution is 2.11. The summed E-state index contributed by atoms with van der Waals surface area (Å²) in [6.07, 6.45) is 0.759. The summed E-state index contributed by atoms with van der Waals surface area (Å²) in [5.41, 5.74) is 2.22. The first-order chi connectivity index (χ1) is 15.3. The Morgan fingerprint density at radius 3 is 2.34 bits per heavy atom. The Morgan fingerprint density at radius 1 is 1.03 bits per heavy atom. The number of aromatic hydroxyl groups is 1. The number of aryl methyl sites for hydroxylation is 2. The molecule has 0 aliphatic heterocycles. The molecule has 0 aliphatic rings. The second-order valence-electron chi connectivity index (χ2n) is 7.58. The molecule has 7 heteroatoms. The highest BCUT2D eigenvalue weighted by molar-refractivity contribution is 5.91. The quantitative estimate of drug-likeness (QED) is 0.607. The number of hydrogen-bond donors (Lipinski definition) is 2. The van der Waals surface area contributed by atoms with Crippen molar-refractivity contribution in [2.45, 2.75) is 33.2 Å². The molecule has 0 saturated heterocycles. The molecule has 0 unspecified atom stereocenters. The lowest BCUT2D eigenvalue weighted by atomic mass is 10.1. The number of phenolic OH excluding ortho intramolecular Hbond substituents is 1. The maximum atomic E-state index is 12.6. The maximum absolute atomic E-state index is 12.6. The SMILES string of the molecule is Cc1ccc(CCC(=O)Nc2c(C)n(CC#Cc3ccc(O)cc3)c(=O)n(C)c2=O)cc1. The molecule has 0 bridgehead atoms. The highest BCUT2D eigenvalue weighted by atomic mass is 16.3. The molecule has 1 aromatic heterocycles. The number of nitrogens with zero attached hydrogens (tertiary/aromatic N) is 2. The molecule has 1 heterocycles. The molecule has 164 valence electrons. The van der Waals surface area contributed by atoms with E-state index in [4.69, 9.17) is 0 Å². The average Bonchev–Trinajstić information content (AvgIpc) is 2.78. The van der Waals surface area contributed by atoms with Crippen LogP contribution in [0.2, 0.25) is 0 Å². The first kappa shape index (κ1) is 22.6. The molecule has 3 aromatic rings. The molecule has 1 amide bonds. The summed E-state index contributed by atoms with van der Waals surface area (Å²) in [7, 11) is 1.37. The Morgan fingerprint density at radius 2 is 1.69 bits per heavy atom. The Hall–Kier alpha value is -4.05. The second-order valence-corrected chi connectivity index (χ2v) is 7.58. The minimum atomic E-state index is -0.557. The van der Waals surface area contributed by atoms with Crippen LogP contribution in [0.5, 0.6) is 5.75 Å². The summed E-state index contributed by atoms with van der Waals surface area (Å²) in [6.45, 7) is 3.66. The first-order valence-corrected chi connectivity index (χ1v) is 10.2. The normalized spacial score (nSPS) is 10.3. The fraction of sp³-hybridized carbons (Fsp3) is 0.240. The van der Waals surface area contributed by atoms with Gasteiger partial charge in [-0.25, -0.2) is 4.79 Å². The number of rotatable bonds is 5. The Bertz CT molecular complexity index is 1310. The summed E-state index contributed by atoms with van der Waals surface area (Å²) in [4.78, 5) is 37.7. The molecule has 2 N–H and O–H groups in total. The van der Waals surface area contributed by atoms with E-state index >= 15 is 0 Å². The number of aromatic nitrogens is 2. The molecule has 7 nitrogen and oxygen atoms in total. The van der Waals surface area contributed by atoms with Crippen LogP contribution in [-0.2, 0) is 24.8 Å². The van der Waals surface area contributed by atoms with Crippen LogP contribution >= 0.6 is 0 Å². The number of hydrogen-bond acceptors (Lipinski definition) is 4. The van der Waals surface area contributed by atoms with E-state index in [9.17, 15) is 19.5 Å². The molecule has 3 rings (SSSR count). The molecular formula is C25H25N3O4. The predicted molar refractivity (Wildman–Crippen MR) is 124 cm³/mol. The topological polar surface area (TPSA) is 93.3 Å². The van der Waals surface area contributed by atoms with Crippen LogP contribution in [0.1, 0.15) is 28.8 Å². The molecule has 0 spiro atoms. The lowest BCUT2D eigenvalue weighted by Gasteiger charge is -2.14. The third-order valence-electron chi connectivity index (χ3n) is 5.17. The Balaban J connectivity index is 1.79. The van der Waals surface area contributed by atoms with Crippen LogP contribution < -0.4 is 16.6 Å². The third kappa shape index (κ3) is 5.35. The van der Waals surface area contributed by atoms with Crippen molar-refractivity contribution < 1.29 is 9.90 Å². The number of phenols is 1. The molecule has 0 fully saturated rings. The maximum Gasteiger partial charge on any atom is 0.331 e. The highest BCUT2D eigenvalue weighted by Gasteiger charge is 2.16. The van der Waals surface area contributed by atoms with Gasteiger partial charge in [0.25, 0.3) is 5.56 Å². The summed E-state index contributed by atoms with van der Waals surface area (Å²) >= 11 is 0. The van der Waals surface area contributed by atoms with Crippen molar-refractivity contribution in [2.75, 3.05) is 5.32 Å². The van der Waals surface area contributed by atoms with Crippen molar-refractivity contribution in [3.05, 3.63) is 91.8 Å². The molecule has 0 atom stereocenters. The van der Waals surface area contributed by atoms with Crippen LogP contribution in [0.25, 0.3) is 0 Å². The van der Waals surface area contributed by atoms with Crippen LogP contribution in [0.15, 0.2) is 58.1 Å². The minimum absolute atomic E-state index is 0.0475. The minimum Gasteiger partial charge on any atom is -0.508 e. The molecule has 2 aromatic carbocycles. The van der Waals surface area contributed by atoms with Gasteiger partial charge in [-0.2, -0.15) is 0 Å². The lowest BCUT2D eigenvalue weighted by Crippen LogP contribution is -2.41. The van der Waals surface area contributed by atoms with Gasteiger partial charge in [-0.15, -0.1) is 0 Å². The summed E-state index contributed by atoms with van der Waals surface area (Å²) in [6, 6.07) is 14.3. The van der Waals surface area contributed by atoms with Gasteiger partial charge in [0, 0.05) is 24.7 Å². The van der Waals surface area contributed by atoms with Crippen molar-refractivity contribution in [2.24, 2.45) is 7.05 Å².